The van der Waals surface area contributed by atoms with Crippen LogP contribution in [0.1, 0.15) is 23.9 Å². The number of hydrogen-bond donors (Lipinski definition) is 0. The number of nitrogens with zero attached hydrogens (tertiary/aromatic N) is 3. The number of hydrogen-bond acceptors (Lipinski definition) is 7. The number of carbonyl (C=O) groups is 2. The van der Waals surface area contributed by atoms with Gasteiger partial charge in [0.05, 0.1) is 23.6 Å². The number of pyridine rings is 1. The molecule has 0 saturated heterocycles. The fraction of sp³-hybridized carbons (Fsp3) is 0.143. The van der Waals surface area contributed by atoms with Gasteiger partial charge in [-0.3, -0.25) is 19.5 Å². The van der Waals surface area contributed by atoms with Gasteiger partial charge >= 0.3 is 0 Å². The first kappa shape index (κ1) is 22.2. The number of para-hydroxylation sites is 1. The zero-order chi connectivity index (χ0) is 24.6. The lowest BCUT2D eigenvalue weighted by Crippen LogP contribution is -2.47. The number of ether oxygens (including phenoxy) is 1. The fourth-order valence-corrected chi connectivity index (χ4v) is 5.06. The predicted octanol–water partition coefficient (Wildman–Crippen LogP) is 6.01. The second-order valence-corrected chi connectivity index (χ2v) is 9.30. The van der Waals surface area contributed by atoms with Gasteiger partial charge in [-0.2, -0.15) is 0 Å². The van der Waals surface area contributed by atoms with Gasteiger partial charge in [0, 0.05) is 22.5 Å². The number of aromatic nitrogens is 2. The molecule has 0 spiro atoms. The van der Waals surface area contributed by atoms with Crippen LogP contribution in [0.2, 0.25) is 0 Å². The summed E-state index contributed by atoms with van der Waals surface area (Å²) in [4.78, 5) is 37.1. The third-order valence-corrected chi connectivity index (χ3v) is 6.98. The van der Waals surface area contributed by atoms with E-state index >= 15 is 0 Å². The van der Waals surface area contributed by atoms with Gasteiger partial charge in [-0.25, -0.2) is 4.98 Å². The summed E-state index contributed by atoms with van der Waals surface area (Å²) in [5, 5.41) is 3.60. The standard InChI is InChI=1S/C28H21N3O4S/c1-2-23-28(33)31(15-22(32)26-14-18-7-3-4-9-24(18)35-26)21-13-17(10-11-25(21)34-23)20-16-36-27(30-20)19-8-5-6-12-29-19/h3-14,16,23H,2,15H2,1H3. The van der Waals surface area contributed by atoms with E-state index in [1.165, 1.54) is 16.2 Å². The molecule has 6 rings (SSSR count). The minimum Gasteiger partial charge on any atom is -0.478 e. The van der Waals surface area contributed by atoms with E-state index in [2.05, 4.69) is 4.98 Å². The first-order valence-corrected chi connectivity index (χ1v) is 12.5. The molecule has 4 heterocycles. The smallest absolute Gasteiger partial charge is 0.268 e. The first-order chi connectivity index (χ1) is 17.6. The van der Waals surface area contributed by atoms with Crippen molar-refractivity contribution in [2.24, 2.45) is 0 Å². The van der Waals surface area contributed by atoms with Crippen molar-refractivity contribution in [2.45, 2.75) is 19.4 Å². The van der Waals surface area contributed by atoms with E-state index in [0.717, 1.165) is 27.3 Å². The second kappa shape index (κ2) is 9.05. The van der Waals surface area contributed by atoms with Crippen LogP contribution in [0.5, 0.6) is 5.75 Å². The topological polar surface area (TPSA) is 85.5 Å². The lowest BCUT2D eigenvalue weighted by molar-refractivity contribution is -0.126. The van der Waals surface area contributed by atoms with E-state index in [1.807, 2.05) is 73.0 Å². The minimum atomic E-state index is -0.651. The van der Waals surface area contributed by atoms with Crippen LogP contribution >= 0.6 is 11.3 Å². The van der Waals surface area contributed by atoms with Crippen LogP contribution in [0, 0.1) is 0 Å². The Morgan fingerprint density at radius 1 is 1.06 bits per heavy atom. The van der Waals surface area contributed by atoms with Crippen molar-refractivity contribution in [3.63, 3.8) is 0 Å². The molecular weight excluding hydrogens is 474 g/mol. The lowest BCUT2D eigenvalue weighted by Gasteiger charge is -2.33. The molecular formula is C28H21N3O4S. The zero-order valence-corrected chi connectivity index (χ0v) is 20.2. The molecule has 36 heavy (non-hydrogen) atoms. The van der Waals surface area contributed by atoms with Gasteiger partial charge < -0.3 is 9.15 Å². The Balaban J connectivity index is 1.34. The van der Waals surface area contributed by atoms with Crippen molar-refractivity contribution in [2.75, 3.05) is 11.4 Å². The van der Waals surface area contributed by atoms with Crippen LogP contribution in [0.15, 0.2) is 82.7 Å². The summed E-state index contributed by atoms with van der Waals surface area (Å²) in [6, 6.07) is 20.5. The molecule has 2 aromatic carbocycles. The van der Waals surface area contributed by atoms with Crippen LogP contribution in [-0.2, 0) is 4.79 Å². The maximum absolute atomic E-state index is 13.3. The van der Waals surface area contributed by atoms with Crippen molar-refractivity contribution in [1.82, 2.24) is 9.97 Å². The molecule has 0 N–H and O–H groups in total. The van der Waals surface area contributed by atoms with Crippen molar-refractivity contribution in [3.05, 3.63) is 84.1 Å². The van der Waals surface area contributed by atoms with Gasteiger partial charge in [0.2, 0.25) is 5.78 Å². The first-order valence-electron chi connectivity index (χ1n) is 11.6. The highest BCUT2D eigenvalue weighted by Crippen LogP contribution is 2.39. The highest BCUT2D eigenvalue weighted by atomic mass is 32.1. The maximum atomic E-state index is 13.3. The molecule has 3 aromatic heterocycles. The Kier molecular flexibility index (Phi) is 5.58. The minimum absolute atomic E-state index is 0.148. The normalized spacial score (nSPS) is 15.1. The lowest BCUT2D eigenvalue weighted by atomic mass is 10.1. The molecule has 8 heteroatoms. The Hall–Kier alpha value is -4.30. The van der Waals surface area contributed by atoms with Crippen LogP contribution < -0.4 is 9.64 Å². The van der Waals surface area contributed by atoms with Crippen LogP contribution in [0.25, 0.3) is 32.9 Å². The van der Waals surface area contributed by atoms with Gasteiger partial charge in [0.1, 0.15) is 16.3 Å². The summed E-state index contributed by atoms with van der Waals surface area (Å²) in [5.41, 5.74) is 3.56. The quantitative estimate of drug-likeness (QED) is 0.268. The van der Waals surface area contributed by atoms with Crippen molar-refractivity contribution in [1.29, 1.82) is 0 Å². The summed E-state index contributed by atoms with van der Waals surface area (Å²) < 4.78 is 11.7. The molecule has 5 aromatic rings. The van der Waals surface area contributed by atoms with Gasteiger partial charge in [-0.15, -0.1) is 11.3 Å². The predicted molar refractivity (Wildman–Crippen MR) is 138 cm³/mol. The molecule has 0 bridgehead atoms. The number of ketones is 1. The fourth-order valence-electron chi connectivity index (χ4n) is 4.26. The maximum Gasteiger partial charge on any atom is 0.268 e. The zero-order valence-electron chi connectivity index (χ0n) is 19.4. The van der Waals surface area contributed by atoms with Crippen molar-refractivity contribution in [3.8, 4) is 27.7 Å². The highest BCUT2D eigenvalue weighted by molar-refractivity contribution is 7.13. The second-order valence-electron chi connectivity index (χ2n) is 8.45. The average molecular weight is 496 g/mol. The summed E-state index contributed by atoms with van der Waals surface area (Å²) in [5.74, 6) is 0.251. The Morgan fingerprint density at radius 2 is 1.92 bits per heavy atom. The summed E-state index contributed by atoms with van der Waals surface area (Å²) >= 11 is 1.50. The third-order valence-electron chi connectivity index (χ3n) is 6.12. The number of benzene rings is 2. The summed E-state index contributed by atoms with van der Waals surface area (Å²) in [6.07, 6.45) is 1.58. The van der Waals surface area contributed by atoms with Crippen LogP contribution in [0.3, 0.4) is 0 Å². The SMILES string of the molecule is CCC1Oc2ccc(-c3csc(-c4ccccn4)n3)cc2N(CC(=O)c2cc3ccccc3o2)C1=O. The summed E-state index contributed by atoms with van der Waals surface area (Å²) in [7, 11) is 0. The van der Waals surface area contributed by atoms with Crippen LogP contribution in [-0.4, -0.2) is 34.3 Å². The molecule has 178 valence electrons. The van der Waals surface area contributed by atoms with E-state index in [4.69, 9.17) is 14.1 Å². The highest BCUT2D eigenvalue weighted by Gasteiger charge is 2.35. The van der Waals surface area contributed by atoms with E-state index < -0.39 is 6.10 Å². The Labute approximate surface area is 211 Å². The number of rotatable bonds is 6. The molecule has 0 radical (unpaired) electrons. The van der Waals surface area contributed by atoms with E-state index in [0.29, 0.717) is 23.4 Å². The summed E-state index contributed by atoms with van der Waals surface area (Å²) in [6.45, 7) is 1.74. The molecule has 1 amide bonds. The average Bonchev–Trinajstić information content (AvgIpc) is 3.58. The Morgan fingerprint density at radius 3 is 2.72 bits per heavy atom. The van der Waals surface area contributed by atoms with Gasteiger partial charge in [-0.1, -0.05) is 31.2 Å². The number of thiazole rings is 1. The molecule has 7 nitrogen and oxygen atoms in total. The molecule has 0 aliphatic carbocycles. The molecule has 1 atom stereocenters. The molecule has 1 unspecified atom stereocenters. The number of fused-ring (bicyclic) bond motifs is 2. The van der Waals surface area contributed by atoms with E-state index in [9.17, 15) is 9.59 Å². The van der Waals surface area contributed by atoms with Gasteiger partial charge in [-0.05, 0) is 48.9 Å². The number of carbonyl (C=O) groups excluding carboxylic acids is 2. The van der Waals surface area contributed by atoms with Crippen molar-refractivity contribution < 1.29 is 18.7 Å². The number of anilines is 1. The number of amides is 1. The van der Waals surface area contributed by atoms with Crippen LogP contribution in [0.4, 0.5) is 5.69 Å². The molecule has 1 aliphatic rings. The Bertz CT molecular complexity index is 1560. The van der Waals surface area contributed by atoms with Gasteiger partial charge in [0.25, 0.3) is 5.91 Å². The van der Waals surface area contributed by atoms with Crippen molar-refractivity contribution >= 4 is 39.7 Å². The van der Waals surface area contributed by atoms with Gasteiger partial charge in [0.15, 0.2) is 11.9 Å². The monoisotopic (exact) mass is 495 g/mol. The molecule has 1 aliphatic heterocycles. The number of Topliss-reactive ketones (excluding diaryl/α,β-unsaturated/α-hetero) is 1. The van der Waals surface area contributed by atoms with E-state index in [-0.39, 0.29) is 24.0 Å². The molecule has 0 fully saturated rings. The largest absolute Gasteiger partial charge is 0.478 e. The van der Waals surface area contributed by atoms with E-state index in [1.54, 1.807) is 12.3 Å². The number of furan rings is 1. The molecule has 0 saturated carbocycles. The third kappa shape index (κ3) is 3.95.